The molecule has 0 spiro atoms. The van der Waals surface area contributed by atoms with Gasteiger partial charge in [0, 0.05) is 70.5 Å². The Morgan fingerprint density at radius 2 is 1.68 bits per heavy atom. The number of piperazine rings is 1. The summed E-state index contributed by atoms with van der Waals surface area (Å²) in [5, 5.41) is 0.182. The van der Waals surface area contributed by atoms with E-state index in [4.69, 9.17) is 0 Å². The molecule has 0 unspecified atom stereocenters. The summed E-state index contributed by atoms with van der Waals surface area (Å²) < 4.78 is 29.0. The fraction of sp³-hybridized carbons (Fsp3) is 0.824. The highest BCUT2D eigenvalue weighted by Crippen LogP contribution is 2.26. The average Bonchev–Trinajstić information content (AvgIpc) is 2.89. The number of aryl methyl sites for hydroxylation is 1. The first-order valence-electron chi connectivity index (χ1n) is 9.21. The highest BCUT2D eigenvalue weighted by atomic mass is 32.2. The molecule has 1 aromatic rings. The normalized spacial score (nSPS) is 22.0. The van der Waals surface area contributed by atoms with E-state index in [1.54, 1.807) is 10.5 Å². The molecule has 0 bridgehead atoms. The number of sulfonamides is 1. The number of aromatic nitrogens is 2. The van der Waals surface area contributed by atoms with Crippen molar-refractivity contribution in [3.05, 3.63) is 12.0 Å². The first-order chi connectivity index (χ1) is 11.7. The van der Waals surface area contributed by atoms with Crippen molar-refractivity contribution in [1.29, 1.82) is 0 Å². The van der Waals surface area contributed by atoms with Crippen LogP contribution in [0.5, 0.6) is 0 Å². The van der Waals surface area contributed by atoms with E-state index in [1.165, 1.54) is 0 Å². The molecule has 0 amide bonds. The van der Waals surface area contributed by atoms with E-state index >= 15 is 0 Å². The largest absolute Gasteiger partial charge is 0.336 e. The van der Waals surface area contributed by atoms with Crippen molar-refractivity contribution in [3.63, 3.8) is 0 Å². The molecule has 0 atom stereocenters. The van der Waals surface area contributed by atoms with E-state index in [0.717, 1.165) is 32.0 Å². The van der Waals surface area contributed by atoms with Crippen LogP contribution in [0, 0.1) is 0 Å². The first kappa shape index (κ1) is 18.8. The molecule has 2 fully saturated rings. The molecule has 8 heteroatoms. The minimum Gasteiger partial charge on any atom is -0.336 e. The molecule has 0 N–H and O–H groups in total. The Morgan fingerprint density at radius 3 is 2.16 bits per heavy atom. The van der Waals surface area contributed by atoms with Gasteiger partial charge in [0.15, 0.2) is 5.03 Å². The van der Waals surface area contributed by atoms with Gasteiger partial charge in [-0.2, -0.15) is 4.31 Å². The van der Waals surface area contributed by atoms with Crippen LogP contribution < -0.4 is 0 Å². The Morgan fingerprint density at radius 1 is 1.08 bits per heavy atom. The van der Waals surface area contributed by atoms with Crippen molar-refractivity contribution in [1.82, 2.24) is 23.7 Å². The van der Waals surface area contributed by atoms with Gasteiger partial charge >= 0.3 is 0 Å². The van der Waals surface area contributed by atoms with Gasteiger partial charge in [-0.3, -0.25) is 9.80 Å². The fourth-order valence-electron chi connectivity index (χ4n) is 3.71. The second kappa shape index (κ2) is 6.98. The highest BCUT2D eigenvalue weighted by molar-refractivity contribution is 7.89. The van der Waals surface area contributed by atoms with E-state index in [1.807, 2.05) is 25.5 Å². The smallest absolute Gasteiger partial charge is 0.262 e. The van der Waals surface area contributed by atoms with Crippen molar-refractivity contribution in [2.75, 3.05) is 39.3 Å². The lowest BCUT2D eigenvalue weighted by molar-refractivity contribution is 0.0315. The van der Waals surface area contributed by atoms with Crippen molar-refractivity contribution in [3.8, 4) is 0 Å². The number of hydrogen-bond acceptors (Lipinski definition) is 5. The monoisotopic (exact) mass is 369 g/mol. The van der Waals surface area contributed by atoms with Crippen LogP contribution in [-0.4, -0.2) is 83.4 Å². The molecule has 2 aliphatic heterocycles. The number of imidazole rings is 1. The fourth-order valence-corrected chi connectivity index (χ4v) is 5.21. The predicted octanol–water partition coefficient (Wildman–Crippen LogP) is 0.942. The van der Waals surface area contributed by atoms with Crippen molar-refractivity contribution < 1.29 is 8.42 Å². The molecule has 7 nitrogen and oxygen atoms in total. The van der Waals surface area contributed by atoms with Crippen LogP contribution in [-0.2, 0) is 17.1 Å². The molecule has 0 saturated carbocycles. The van der Waals surface area contributed by atoms with Gasteiger partial charge in [-0.15, -0.1) is 0 Å². The molecule has 2 saturated heterocycles. The summed E-state index contributed by atoms with van der Waals surface area (Å²) in [6, 6.07) is 0.928. The summed E-state index contributed by atoms with van der Waals surface area (Å²) in [6.07, 6.45) is 1.64. The molecular weight excluding hydrogens is 338 g/mol. The third-order valence-corrected chi connectivity index (χ3v) is 7.14. The number of hydrogen-bond donors (Lipinski definition) is 0. The summed E-state index contributed by atoms with van der Waals surface area (Å²) in [7, 11) is -1.61. The predicted molar refractivity (Wildman–Crippen MR) is 98.1 cm³/mol. The van der Waals surface area contributed by atoms with E-state index in [9.17, 15) is 8.42 Å². The zero-order chi connectivity index (χ0) is 18.4. The van der Waals surface area contributed by atoms with E-state index in [0.29, 0.717) is 25.2 Å². The van der Waals surface area contributed by atoms with Gasteiger partial charge in [0.05, 0.1) is 0 Å². The Hall–Kier alpha value is -0.960. The molecule has 2 aliphatic rings. The lowest BCUT2D eigenvalue weighted by atomic mass is 10.1. The third kappa shape index (κ3) is 3.63. The average molecular weight is 370 g/mol. The summed E-state index contributed by atoms with van der Waals surface area (Å²) >= 11 is 0. The number of nitrogens with zero attached hydrogens (tertiary/aromatic N) is 5. The van der Waals surface area contributed by atoms with Gasteiger partial charge in [-0.05, 0) is 13.8 Å². The molecule has 0 radical (unpaired) electrons. The molecule has 3 heterocycles. The van der Waals surface area contributed by atoms with Crippen molar-refractivity contribution >= 4 is 10.0 Å². The van der Waals surface area contributed by atoms with Gasteiger partial charge in [0.1, 0.15) is 5.82 Å². The van der Waals surface area contributed by atoms with E-state index < -0.39 is 10.0 Å². The molecule has 1 aromatic heterocycles. The maximum atomic E-state index is 12.8. The lowest BCUT2D eigenvalue weighted by Crippen LogP contribution is -2.64. The Labute approximate surface area is 151 Å². The topological polar surface area (TPSA) is 61.7 Å². The van der Waals surface area contributed by atoms with Gasteiger partial charge < -0.3 is 4.57 Å². The molecule has 3 rings (SSSR count). The quantitative estimate of drug-likeness (QED) is 0.773. The molecule has 25 heavy (non-hydrogen) atoms. The zero-order valence-corrected chi connectivity index (χ0v) is 16.8. The minimum atomic E-state index is -3.47. The van der Waals surface area contributed by atoms with E-state index in [-0.39, 0.29) is 10.9 Å². The van der Waals surface area contributed by atoms with Gasteiger partial charge in [-0.1, -0.05) is 13.8 Å². The zero-order valence-electron chi connectivity index (χ0n) is 16.0. The summed E-state index contributed by atoms with van der Waals surface area (Å²) in [4.78, 5) is 9.27. The van der Waals surface area contributed by atoms with Crippen LogP contribution in [0.3, 0.4) is 0 Å². The maximum absolute atomic E-state index is 12.8. The highest BCUT2D eigenvalue weighted by Gasteiger charge is 2.41. The molecule has 0 aromatic carbocycles. The Balaban J connectivity index is 1.59. The molecular formula is C17H31N5O2S. The lowest BCUT2D eigenvalue weighted by Gasteiger charge is -2.47. The van der Waals surface area contributed by atoms with Gasteiger partial charge in [-0.25, -0.2) is 13.4 Å². The van der Waals surface area contributed by atoms with Crippen molar-refractivity contribution in [2.45, 2.75) is 50.7 Å². The minimum absolute atomic E-state index is 0.182. The summed E-state index contributed by atoms with van der Waals surface area (Å²) in [6.45, 7) is 13.9. The number of rotatable bonds is 5. The second-order valence-corrected chi connectivity index (χ2v) is 9.73. The molecule has 0 aliphatic carbocycles. The van der Waals surface area contributed by atoms with Crippen LogP contribution in [0.1, 0.15) is 39.4 Å². The van der Waals surface area contributed by atoms with Crippen molar-refractivity contribution in [2.24, 2.45) is 7.05 Å². The molecule has 142 valence electrons. The Kier molecular flexibility index (Phi) is 5.26. The Bertz CT molecular complexity index is 699. The van der Waals surface area contributed by atoms with Gasteiger partial charge in [0.25, 0.3) is 10.0 Å². The van der Waals surface area contributed by atoms with Crippen LogP contribution >= 0.6 is 0 Å². The van der Waals surface area contributed by atoms with Crippen LogP contribution in [0.4, 0.5) is 0 Å². The summed E-state index contributed by atoms with van der Waals surface area (Å²) in [5.74, 6) is 1.01. The van der Waals surface area contributed by atoms with Crippen LogP contribution in [0.2, 0.25) is 0 Å². The SMILES string of the molecule is CC(C)c1nc(S(=O)(=O)N2CC(N3CCN(C(C)C)CC3)C2)cn1C. The maximum Gasteiger partial charge on any atom is 0.262 e. The second-order valence-electron chi connectivity index (χ2n) is 7.84. The summed E-state index contributed by atoms with van der Waals surface area (Å²) in [5.41, 5.74) is 0. The van der Waals surface area contributed by atoms with Crippen LogP contribution in [0.15, 0.2) is 11.2 Å². The third-order valence-electron chi connectivity index (χ3n) is 5.44. The van der Waals surface area contributed by atoms with Crippen LogP contribution in [0.25, 0.3) is 0 Å². The standard InChI is InChI=1S/C17H31N5O2S/c1-13(2)17-18-16(12-19(17)5)25(23,24)22-10-15(11-22)21-8-6-20(7-9-21)14(3)4/h12-15H,6-11H2,1-5H3. The first-order valence-corrected chi connectivity index (χ1v) is 10.7. The van der Waals surface area contributed by atoms with Gasteiger partial charge in [0.2, 0.25) is 0 Å². The van der Waals surface area contributed by atoms with E-state index in [2.05, 4.69) is 28.6 Å².